The van der Waals surface area contributed by atoms with Gasteiger partial charge in [0.2, 0.25) is 0 Å². The van der Waals surface area contributed by atoms with E-state index in [0.717, 1.165) is 27.8 Å². The Bertz CT molecular complexity index is 571. The van der Waals surface area contributed by atoms with E-state index in [2.05, 4.69) is 6.07 Å². The van der Waals surface area contributed by atoms with E-state index in [1.165, 1.54) is 0 Å². The number of benzene rings is 2. The molecule has 92 valence electrons. The van der Waals surface area contributed by atoms with E-state index in [4.69, 9.17) is 5.11 Å². The SMILES string of the molecule is Cc1ccc(-c2ccccc2)c(C)c1CC(=O)O. The smallest absolute Gasteiger partial charge is 0.307 e. The molecule has 0 heterocycles. The quantitative estimate of drug-likeness (QED) is 0.890. The number of carbonyl (C=O) groups is 1. The van der Waals surface area contributed by atoms with Crippen LogP contribution in [0.5, 0.6) is 0 Å². The van der Waals surface area contributed by atoms with Gasteiger partial charge in [0.25, 0.3) is 0 Å². The standard InChI is InChI=1S/C16H16O2/c1-11-8-9-14(13-6-4-3-5-7-13)12(2)15(11)10-16(17)18/h3-9H,10H2,1-2H3,(H,17,18). The summed E-state index contributed by atoms with van der Waals surface area (Å²) in [4.78, 5) is 10.9. The number of aliphatic carboxylic acids is 1. The second-order valence-electron chi connectivity index (χ2n) is 4.47. The second-order valence-corrected chi connectivity index (χ2v) is 4.47. The number of carboxylic acids is 1. The zero-order valence-electron chi connectivity index (χ0n) is 10.6. The summed E-state index contributed by atoms with van der Waals surface area (Å²) in [5.41, 5.74) is 5.25. The zero-order chi connectivity index (χ0) is 13.1. The molecule has 2 nitrogen and oxygen atoms in total. The van der Waals surface area contributed by atoms with Crippen LogP contribution in [0.3, 0.4) is 0 Å². The van der Waals surface area contributed by atoms with Crippen molar-refractivity contribution in [1.29, 1.82) is 0 Å². The van der Waals surface area contributed by atoms with E-state index in [1.54, 1.807) is 0 Å². The lowest BCUT2D eigenvalue weighted by Gasteiger charge is -2.13. The van der Waals surface area contributed by atoms with Gasteiger partial charge in [0.05, 0.1) is 6.42 Å². The van der Waals surface area contributed by atoms with Gasteiger partial charge in [-0.15, -0.1) is 0 Å². The second kappa shape index (κ2) is 5.05. The first-order chi connectivity index (χ1) is 8.59. The normalized spacial score (nSPS) is 10.3. The Hall–Kier alpha value is -2.09. The van der Waals surface area contributed by atoms with Crippen LogP contribution in [0, 0.1) is 13.8 Å². The molecular formula is C16H16O2. The van der Waals surface area contributed by atoms with Crippen LogP contribution in [0.2, 0.25) is 0 Å². The minimum atomic E-state index is -0.786. The Morgan fingerprint density at radius 3 is 2.33 bits per heavy atom. The number of hydrogen-bond donors (Lipinski definition) is 1. The molecule has 0 radical (unpaired) electrons. The van der Waals surface area contributed by atoms with Gasteiger partial charge in [-0.05, 0) is 41.7 Å². The van der Waals surface area contributed by atoms with E-state index in [0.29, 0.717) is 0 Å². The lowest BCUT2D eigenvalue weighted by atomic mass is 9.92. The van der Waals surface area contributed by atoms with Gasteiger partial charge in [0, 0.05) is 0 Å². The molecule has 1 N–H and O–H groups in total. The molecule has 0 amide bonds. The fourth-order valence-corrected chi connectivity index (χ4v) is 2.25. The largest absolute Gasteiger partial charge is 0.481 e. The molecule has 2 aromatic carbocycles. The molecule has 18 heavy (non-hydrogen) atoms. The number of hydrogen-bond acceptors (Lipinski definition) is 1. The van der Waals surface area contributed by atoms with Crippen LogP contribution < -0.4 is 0 Å². The van der Waals surface area contributed by atoms with Crippen molar-refractivity contribution < 1.29 is 9.90 Å². The van der Waals surface area contributed by atoms with Crippen LogP contribution in [0.15, 0.2) is 42.5 Å². The van der Waals surface area contributed by atoms with Crippen molar-refractivity contribution in [3.63, 3.8) is 0 Å². The van der Waals surface area contributed by atoms with Crippen molar-refractivity contribution >= 4 is 5.97 Å². The van der Waals surface area contributed by atoms with Crippen molar-refractivity contribution in [3.8, 4) is 11.1 Å². The Balaban J connectivity index is 2.54. The summed E-state index contributed by atoms with van der Waals surface area (Å²) < 4.78 is 0. The fraction of sp³-hybridized carbons (Fsp3) is 0.188. The van der Waals surface area contributed by atoms with Crippen LogP contribution in [0.25, 0.3) is 11.1 Å². The highest BCUT2D eigenvalue weighted by molar-refractivity contribution is 5.75. The van der Waals surface area contributed by atoms with Crippen LogP contribution in [-0.2, 0) is 11.2 Å². The van der Waals surface area contributed by atoms with Crippen LogP contribution in [0.1, 0.15) is 16.7 Å². The van der Waals surface area contributed by atoms with Gasteiger partial charge in [-0.25, -0.2) is 0 Å². The summed E-state index contributed by atoms with van der Waals surface area (Å²) in [5, 5.41) is 8.98. The molecule has 0 bridgehead atoms. The molecule has 2 rings (SSSR count). The zero-order valence-corrected chi connectivity index (χ0v) is 10.6. The van der Waals surface area contributed by atoms with E-state index >= 15 is 0 Å². The Kier molecular flexibility index (Phi) is 3.47. The maximum absolute atomic E-state index is 10.9. The molecule has 0 saturated carbocycles. The van der Waals surface area contributed by atoms with Crippen molar-refractivity contribution in [2.75, 3.05) is 0 Å². The van der Waals surface area contributed by atoms with Gasteiger partial charge >= 0.3 is 5.97 Å². The molecule has 0 aliphatic heterocycles. The van der Waals surface area contributed by atoms with E-state index in [9.17, 15) is 4.79 Å². The van der Waals surface area contributed by atoms with Gasteiger partial charge in [0.1, 0.15) is 0 Å². The van der Waals surface area contributed by atoms with E-state index in [1.807, 2.05) is 50.2 Å². The number of aryl methyl sites for hydroxylation is 1. The van der Waals surface area contributed by atoms with Crippen molar-refractivity contribution in [2.24, 2.45) is 0 Å². The molecule has 0 spiro atoms. The fourth-order valence-electron chi connectivity index (χ4n) is 2.25. The number of carboxylic acid groups (broad SMARTS) is 1. The van der Waals surface area contributed by atoms with Crippen molar-refractivity contribution in [2.45, 2.75) is 20.3 Å². The third-order valence-electron chi connectivity index (χ3n) is 3.25. The highest BCUT2D eigenvalue weighted by Gasteiger charge is 2.11. The summed E-state index contributed by atoms with van der Waals surface area (Å²) in [7, 11) is 0. The number of rotatable bonds is 3. The van der Waals surface area contributed by atoms with E-state index < -0.39 is 5.97 Å². The molecule has 0 aliphatic rings. The molecule has 2 aromatic rings. The van der Waals surface area contributed by atoms with Gasteiger partial charge in [0.15, 0.2) is 0 Å². The Labute approximate surface area is 107 Å². The van der Waals surface area contributed by atoms with E-state index in [-0.39, 0.29) is 6.42 Å². The summed E-state index contributed by atoms with van der Waals surface area (Å²) in [6.07, 6.45) is 0.0817. The lowest BCUT2D eigenvalue weighted by Crippen LogP contribution is -2.05. The van der Waals surface area contributed by atoms with Crippen molar-refractivity contribution in [1.82, 2.24) is 0 Å². The maximum atomic E-state index is 10.9. The van der Waals surface area contributed by atoms with Crippen LogP contribution in [-0.4, -0.2) is 11.1 Å². The van der Waals surface area contributed by atoms with Crippen molar-refractivity contribution in [3.05, 3.63) is 59.2 Å². The third kappa shape index (κ3) is 2.43. The third-order valence-corrected chi connectivity index (χ3v) is 3.25. The summed E-state index contributed by atoms with van der Waals surface area (Å²) in [6.45, 7) is 3.95. The highest BCUT2D eigenvalue weighted by atomic mass is 16.4. The summed E-state index contributed by atoms with van der Waals surface area (Å²) in [6, 6.07) is 14.1. The molecule has 0 fully saturated rings. The average molecular weight is 240 g/mol. The summed E-state index contributed by atoms with van der Waals surface area (Å²) in [5.74, 6) is -0.786. The minimum absolute atomic E-state index is 0.0817. The van der Waals surface area contributed by atoms with Gasteiger partial charge in [-0.3, -0.25) is 4.79 Å². The molecule has 0 aliphatic carbocycles. The van der Waals surface area contributed by atoms with Gasteiger partial charge < -0.3 is 5.11 Å². The molecule has 0 atom stereocenters. The molecular weight excluding hydrogens is 224 g/mol. The molecule has 0 saturated heterocycles. The topological polar surface area (TPSA) is 37.3 Å². The first-order valence-electron chi connectivity index (χ1n) is 5.96. The van der Waals surface area contributed by atoms with Crippen LogP contribution in [0.4, 0.5) is 0 Å². The first-order valence-corrected chi connectivity index (χ1v) is 5.96. The Morgan fingerprint density at radius 2 is 1.72 bits per heavy atom. The monoisotopic (exact) mass is 240 g/mol. The maximum Gasteiger partial charge on any atom is 0.307 e. The Morgan fingerprint density at radius 1 is 1.06 bits per heavy atom. The lowest BCUT2D eigenvalue weighted by molar-refractivity contribution is -0.136. The first kappa shape index (κ1) is 12.4. The van der Waals surface area contributed by atoms with Gasteiger partial charge in [-0.1, -0.05) is 42.5 Å². The molecule has 2 heteroatoms. The average Bonchev–Trinajstić information content (AvgIpc) is 2.35. The molecule has 0 unspecified atom stereocenters. The predicted octanol–water partition coefficient (Wildman–Crippen LogP) is 3.60. The molecule has 0 aromatic heterocycles. The van der Waals surface area contributed by atoms with Crippen LogP contribution >= 0.6 is 0 Å². The summed E-state index contributed by atoms with van der Waals surface area (Å²) >= 11 is 0. The predicted molar refractivity (Wildman–Crippen MR) is 72.7 cm³/mol. The minimum Gasteiger partial charge on any atom is -0.481 e. The highest BCUT2D eigenvalue weighted by Crippen LogP contribution is 2.27. The van der Waals surface area contributed by atoms with Gasteiger partial charge in [-0.2, -0.15) is 0 Å².